The summed E-state index contributed by atoms with van der Waals surface area (Å²) in [5.41, 5.74) is 0. The van der Waals surface area contributed by atoms with Crippen LogP contribution in [0.3, 0.4) is 0 Å². The highest BCUT2D eigenvalue weighted by molar-refractivity contribution is 5.23. The summed E-state index contributed by atoms with van der Waals surface area (Å²) in [5, 5.41) is 31.3. The van der Waals surface area contributed by atoms with Crippen LogP contribution in [0.15, 0.2) is 23.7 Å². The number of nitrogens with one attached hydrogen (secondary N) is 1. The Kier molecular flexibility index (Phi) is 4.17. The molecule has 15 heavy (non-hydrogen) atoms. The summed E-state index contributed by atoms with van der Waals surface area (Å²) in [6.07, 6.45) is 3.04. The lowest BCUT2D eigenvalue weighted by Gasteiger charge is -2.23. The quantitative estimate of drug-likeness (QED) is 0.567. The van der Waals surface area contributed by atoms with Crippen LogP contribution >= 0.6 is 0 Å². The van der Waals surface area contributed by atoms with Crippen molar-refractivity contribution in [1.82, 2.24) is 5.32 Å². The normalized spacial score (nSPS) is 23.6. The van der Waals surface area contributed by atoms with Crippen molar-refractivity contribution in [2.24, 2.45) is 5.92 Å². The molecular weight excluding hydrogens is 194 g/mol. The maximum atomic E-state index is 9.80. The Bertz CT molecular complexity index is 271. The highest BCUT2D eigenvalue weighted by atomic mass is 16.3. The first-order valence-corrected chi connectivity index (χ1v) is 5.22. The van der Waals surface area contributed by atoms with Gasteiger partial charge in [-0.05, 0) is 18.6 Å². The van der Waals surface area contributed by atoms with Gasteiger partial charge in [0.05, 0.1) is 6.10 Å². The second-order valence-corrected chi connectivity index (χ2v) is 4.17. The molecule has 0 bridgehead atoms. The molecule has 1 aliphatic rings. The molecule has 1 rings (SSSR count). The number of rotatable bonds is 4. The van der Waals surface area contributed by atoms with Gasteiger partial charge in [-0.1, -0.05) is 13.8 Å². The molecule has 4 nitrogen and oxygen atoms in total. The standard InChI is InChI=1S/C11H19NO3/c1-7(2)12-6-11(15)8-3-4-9(13)10(14)5-8/h4-5,7-8,11-15H,3,6H2,1-2H3. The largest absolute Gasteiger partial charge is 0.504 e. The van der Waals surface area contributed by atoms with Gasteiger partial charge < -0.3 is 20.6 Å². The van der Waals surface area contributed by atoms with Gasteiger partial charge in [0.1, 0.15) is 0 Å². The Hall–Kier alpha value is -1.00. The lowest BCUT2D eigenvalue weighted by Crippen LogP contribution is -2.36. The highest BCUT2D eigenvalue weighted by Gasteiger charge is 2.21. The van der Waals surface area contributed by atoms with Crippen molar-refractivity contribution in [3.05, 3.63) is 23.7 Å². The summed E-state index contributed by atoms with van der Waals surface area (Å²) in [4.78, 5) is 0. The van der Waals surface area contributed by atoms with E-state index in [1.54, 1.807) is 0 Å². The Morgan fingerprint density at radius 1 is 1.40 bits per heavy atom. The van der Waals surface area contributed by atoms with Crippen molar-refractivity contribution in [2.45, 2.75) is 32.4 Å². The Morgan fingerprint density at radius 3 is 2.60 bits per heavy atom. The van der Waals surface area contributed by atoms with E-state index in [4.69, 9.17) is 5.11 Å². The zero-order chi connectivity index (χ0) is 11.4. The van der Waals surface area contributed by atoms with E-state index in [2.05, 4.69) is 5.32 Å². The molecule has 1 aliphatic carbocycles. The Morgan fingerprint density at radius 2 is 2.07 bits per heavy atom. The fourth-order valence-electron chi connectivity index (χ4n) is 1.48. The molecule has 0 saturated carbocycles. The molecule has 86 valence electrons. The van der Waals surface area contributed by atoms with Crippen LogP contribution in [0, 0.1) is 5.92 Å². The zero-order valence-electron chi connectivity index (χ0n) is 9.14. The summed E-state index contributed by atoms with van der Waals surface area (Å²) in [6, 6.07) is 0.324. The van der Waals surface area contributed by atoms with Crippen LogP contribution < -0.4 is 5.32 Å². The topological polar surface area (TPSA) is 72.7 Å². The number of allylic oxidation sites excluding steroid dienone is 1. The van der Waals surface area contributed by atoms with Crippen LogP contribution in [0.1, 0.15) is 20.3 Å². The number of hydrogen-bond acceptors (Lipinski definition) is 4. The van der Waals surface area contributed by atoms with Crippen LogP contribution in [0.2, 0.25) is 0 Å². The minimum atomic E-state index is -0.543. The molecule has 0 amide bonds. The maximum Gasteiger partial charge on any atom is 0.153 e. The van der Waals surface area contributed by atoms with E-state index < -0.39 is 6.10 Å². The zero-order valence-corrected chi connectivity index (χ0v) is 9.14. The summed E-state index contributed by atoms with van der Waals surface area (Å²) in [5.74, 6) is -0.378. The Balaban J connectivity index is 2.46. The third kappa shape index (κ3) is 3.57. The third-order valence-electron chi connectivity index (χ3n) is 2.45. The van der Waals surface area contributed by atoms with Gasteiger partial charge in [0.2, 0.25) is 0 Å². The fraction of sp³-hybridized carbons (Fsp3) is 0.636. The van der Waals surface area contributed by atoms with E-state index in [1.165, 1.54) is 12.2 Å². The lowest BCUT2D eigenvalue weighted by molar-refractivity contribution is 0.122. The molecule has 0 fully saturated rings. The van der Waals surface area contributed by atoms with E-state index in [0.717, 1.165) is 0 Å². The summed E-state index contributed by atoms with van der Waals surface area (Å²) in [7, 11) is 0. The highest BCUT2D eigenvalue weighted by Crippen LogP contribution is 2.22. The molecule has 0 saturated heterocycles. The molecule has 0 heterocycles. The van der Waals surface area contributed by atoms with E-state index >= 15 is 0 Å². The number of aliphatic hydroxyl groups excluding tert-OH is 3. The van der Waals surface area contributed by atoms with E-state index in [0.29, 0.717) is 19.0 Å². The van der Waals surface area contributed by atoms with Crippen LogP contribution in [0.4, 0.5) is 0 Å². The van der Waals surface area contributed by atoms with Crippen molar-refractivity contribution in [2.75, 3.05) is 6.54 Å². The fourth-order valence-corrected chi connectivity index (χ4v) is 1.48. The SMILES string of the molecule is CC(C)NCC(O)C1C=C(O)C(O)=CC1. The van der Waals surface area contributed by atoms with Crippen LogP contribution in [0.5, 0.6) is 0 Å². The van der Waals surface area contributed by atoms with E-state index in [9.17, 15) is 10.2 Å². The van der Waals surface area contributed by atoms with Gasteiger partial charge in [-0.25, -0.2) is 0 Å². The average Bonchev–Trinajstić information content (AvgIpc) is 2.18. The predicted molar refractivity (Wildman–Crippen MR) is 58.7 cm³/mol. The van der Waals surface area contributed by atoms with Gasteiger partial charge in [-0.3, -0.25) is 0 Å². The van der Waals surface area contributed by atoms with E-state index in [-0.39, 0.29) is 17.4 Å². The molecule has 0 aromatic rings. The average molecular weight is 213 g/mol. The number of hydrogen-bond donors (Lipinski definition) is 4. The molecule has 2 atom stereocenters. The first-order chi connectivity index (χ1) is 7.00. The Labute approximate surface area is 89.9 Å². The van der Waals surface area contributed by atoms with Gasteiger partial charge in [0.25, 0.3) is 0 Å². The van der Waals surface area contributed by atoms with Crippen molar-refractivity contribution in [3.8, 4) is 0 Å². The molecular formula is C11H19NO3. The van der Waals surface area contributed by atoms with Crippen LogP contribution in [-0.2, 0) is 0 Å². The minimum Gasteiger partial charge on any atom is -0.504 e. The molecule has 0 aromatic carbocycles. The van der Waals surface area contributed by atoms with E-state index in [1.807, 2.05) is 13.8 Å². The van der Waals surface area contributed by atoms with Crippen molar-refractivity contribution >= 4 is 0 Å². The molecule has 0 aromatic heterocycles. The van der Waals surface area contributed by atoms with Gasteiger partial charge in [0.15, 0.2) is 11.5 Å². The van der Waals surface area contributed by atoms with Crippen LogP contribution in [0.25, 0.3) is 0 Å². The molecule has 0 aliphatic heterocycles. The van der Waals surface area contributed by atoms with Crippen molar-refractivity contribution in [1.29, 1.82) is 0 Å². The summed E-state index contributed by atoms with van der Waals surface area (Å²) >= 11 is 0. The lowest BCUT2D eigenvalue weighted by atomic mass is 9.93. The molecule has 2 unspecified atom stereocenters. The van der Waals surface area contributed by atoms with Gasteiger partial charge in [-0.15, -0.1) is 0 Å². The smallest absolute Gasteiger partial charge is 0.153 e. The molecule has 0 spiro atoms. The third-order valence-corrected chi connectivity index (χ3v) is 2.45. The summed E-state index contributed by atoms with van der Waals surface area (Å²) < 4.78 is 0. The van der Waals surface area contributed by atoms with Gasteiger partial charge in [0, 0.05) is 18.5 Å². The predicted octanol–water partition coefficient (Wildman–Crippen LogP) is 1.25. The van der Waals surface area contributed by atoms with Gasteiger partial charge >= 0.3 is 0 Å². The second-order valence-electron chi connectivity index (χ2n) is 4.17. The number of aliphatic hydroxyl groups is 3. The van der Waals surface area contributed by atoms with Crippen molar-refractivity contribution in [3.63, 3.8) is 0 Å². The van der Waals surface area contributed by atoms with Gasteiger partial charge in [-0.2, -0.15) is 0 Å². The minimum absolute atomic E-state index is 0.102. The second kappa shape index (κ2) is 5.19. The van der Waals surface area contributed by atoms with Crippen LogP contribution in [-0.4, -0.2) is 34.0 Å². The molecule has 0 radical (unpaired) electrons. The first-order valence-electron chi connectivity index (χ1n) is 5.22. The van der Waals surface area contributed by atoms with Crippen molar-refractivity contribution < 1.29 is 15.3 Å². The maximum absolute atomic E-state index is 9.80. The first kappa shape index (κ1) is 12.1. The monoisotopic (exact) mass is 213 g/mol. The summed E-state index contributed by atoms with van der Waals surface area (Å²) in [6.45, 7) is 4.50. The molecule has 4 N–H and O–H groups in total. The molecule has 4 heteroatoms.